The first-order chi connectivity index (χ1) is 9.52. The van der Waals surface area contributed by atoms with Gasteiger partial charge in [0, 0.05) is 13.3 Å². The van der Waals surface area contributed by atoms with Crippen molar-refractivity contribution in [2.24, 2.45) is 5.92 Å². The van der Waals surface area contributed by atoms with E-state index in [-0.39, 0.29) is 24.0 Å². The van der Waals surface area contributed by atoms with E-state index in [4.69, 9.17) is 15.6 Å². The van der Waals surface area contributed by atoms with E-state index in [1.165, 1.54) is 0 Å². The van der Waals surface area contributed by atoms with E-state index in [1.54, 1.807) is 19.5 Å². The summed E-state index contributed by atoms with van der Waals surface area (Å²) >= 11 is 0. The number of anilines is 1. The lowest BCUT2D eigenvalue weighted by atomic mass is 9.74. The van der Waals surface area contributed by atoms with Crippen molar-refractivity contribution in [2.75, 3.05) is 12.8 Å². The number of aromatic nitrogens is 1. The normalized spacial score (nSPS) is 29.9. The van der Waals surface area contributed by atoms with Crippen molar-refractivity contribution >= 4 is 11.8 Å². The Morgan fingerprint density at radius 2 is 2.30 bits per heavy atom. The third kappa shape index (κ3) is 3.01. The summed E-state index contributed by atoms with van der Waals surface area (Å²) < 4.78 is 5.46. The standard InChI is InChI=1S/C14H21N3O3/c1-8-5-9(10-3-4-16-7-11(10)15)6-12(13(8)20-2)17-14(18)19/h3-4,7-9,12-13,17H,5-6,15H2,1-2H3,(H,18,19)/t8-,9-,12+,13-/m1/s1. The van der Waals surface area contributed by atoms with Crippen LogP contribution in [0.1, 0.15) is 31.2 Å². The molecule has 1 aliphatic rings. The summed E-state index contributed by atoms with van der Waals surface area (Å²) in [6, 6.07) is 1.69. The number of nitrogens with one attached hydrogen (secondary N) is 1. The van der Waals surface area contributed by atoms with E-state index in [9.17, 15) is 4.79 Å². The first-order valence-electron chi connectivity index (χ1n) is 6.74. The molecule has 1 amide bonds. The van der Waals surface area contributed by atoms with Crippen LogP contribution < -0.4 is 11.1 Å². The van der Waals surface area contributed by atoms with Gasteiger partial charge >= 0.3 is 6.09 Å². The van der Waals surface area contributed by atoms with Crippen molar-refractivity contribution in [3.63, 3.8) is 0 Å². The third-order valence-corrected chi connectivity index (χ3v) is 4.06. The number of nitrogens with zero attached hydrogens (tertiary/aromatic N) is 1. The van der Waals surface area contributed by atoms with Gasteiger partial charge in [0.25, 0.3) is 0 Å². The highest BCUT2D eigenvalue weighted by atomic mass is 16.5. The Kier molecular flexibility index (Phi) is 4.44. The molecule has 0 bridgehead atoms. The minimum Gasteiger partial charge on any atom is -0.465 e. The molecule has 1 fully saturated rings. The number of methoxy groups -OCH3 is 1. The monoisotopic (exact) mass is 279 g/mol. The van der Waals surface area contributed by atoms with Crippen LogP contribution in [0, 0.1) is 5.92 Å². The molecule has 0 aromatic carbocycles. The second-order valence-corrected chi connectivity index (χ2v) is 5.41. The van der Waals surface area contributed by atoms with Gasteiger partial charge in [-0.1, -0.05) is 6.92 Å². The van der Waals surface area contributed by atoms with Crippen molar-refractivity contribution in [3.05, 3.63) is 24.0 Å². The number of amides is 1. The molecule has 6 nitrogen and oxygen atoms in total. The van der Waals surface area contributed by atoms with Crippen LogP contribution >= 0.6 is 0 Å². The number of nitrogen functional groups attached to an aromatic ring is 1. The first-order valence-corrected chi connectivity index (χ1v) is 6.74. The predicted octanol–water partition coefficient (Wildman–Crippen LogP) is 1.83. The van der Waals surface area contributed by atoms with Crippen LogP contribution in [-0.2, 0) is 4.74 Å². The van der Waals surface area contributed by atoms with E-state index in [2.05, 4.69) is 17.2 Å². The van der Waals surface area contributed by atoms with E-state index >= 15 is 0 Å². The predicted molar refractivity (Wildman–Crippen MR) is 75.5 cm³/mol. The summed E-state index contributed by atoms with van der Waals surface area (Å²) in [6.45, 7) is 2.08. The van der Waals surface area contributed by atoms with Gasteiger partial charge in [0.2, 0.25) is 0 Å². The molecule has 1 saturated carbocycles. The minimum atomic E-state index is -1.02. The molecular formula is C14H21N3O3. The van der Waals surface area contributed by atoms with Gasteiger partial charge in [0.1, 0.15) is 0 Å². The number of hydrogen-bond donors (Lipinski definition) is 3. The maximum atomic E-state index is 10.9. The summed E-state index contributed by atoms with van der Waals surface area (Å²) in [7, 11) is 1.62. The molecule has 0 aliphatic heterocycles. The number of carbonyl (C=O) groups is 1. The summed E-state index contributed by atoms with van der Waals surface area (Å²) in [5, 5.41) is 11.5. The van der Waals surface area contributed by atoms with Crippen LogP contribution in [0.5, 0.6) is 0 Å². The summed E-state index contributed by atoms with van der Waals surface area (Å²) in [6.07, 6.45) is 3.84. The Bertz CT molecular complexity index is 480. The van der Waals surface area contributed by atoms with Crippen molar-refractivity contribution in [2.45, 2.75) is 37.8 Å². The van der Waals surface area contributed by atoms with Gasteiger partial charge in [-0.15, -0.1) is 0 Å². The van der Waals surface area contributed by atoms with Gasteiger partial charge in [-0.2, -0.15) is 0 Å². The molecule has 0 radical (unpaired) electrons. The van der Waals surface area contributed by atoms with Crippen molar-refractivity contribution in [1.29, 1.82) is 0 Å². The molecule has 1 aliphatic carbocycles. The maximum absolute atomic E-state index is 10.9. The Balaban J connectivity index is 2.21. The Morgan fingerprint density at radius 3 is 2.90 bits per heavy atom. The Hall–Kier alpha value is -1.82. The van der Waals surface area contributed by atoms with Gasteiger partial charge in [0.05, 0.1) is 24.0 Å². The zero-order valence-electron chi connectivity index (χ0n) is 11.7. The average Bonchev–Trinajstić information content (AvgIpc) is 2.38. The van der Waals surface area contributed by atoms with Gasteiger partial charge in [0.15, 0.2) is 0 Å². The smallest absolute Gasteiger partial charge is 0.404 e. The second-order valence-electron chi connectivity index (χ2n) is 5.41. The Morgan fingerprint density at radius 1 is 1.55 bits per heavy atom. The molecule has 6 heteroatoms. The van der Waals surface area contributed by atoms with Gasteiger partial charge in [-0.05, 0) is 36.3 Å². The van der Waals surface area contributed by atoms with E-state index in [0.29, 0.717) is 12.1 Å². The van der Waals surface area contributed by atoms with Crippen LogP contribution in [0.2, 0.25) is 0 Å². The van der Waals surface area contributed by atoms with Crippen molar-refractivity contribution < 1.29 is 14.6 Å². The van der Waals surface area contributed by atoms with Crippen LogP contribution in [0.25, 0.3) is 0 Å². The zero-order valence-corrected chi connectivity index (χ0v) is 11.7. The molecule has 4 N–H and O–H groups in total. The fourth-order valence-electron chi connectivity index (χ4n) is 3.26. The molecule has 110 valence electrons. The number of carboxylic acid groups (broad SMARTS) is 1. The number of nitrogens with two attached hydrogens (primary N) is 1. The number of pyridine rings is 1. The number of rotatable bonds is 3. The third-order valence-electron chi connectivity index (χ3n) is 4.06. The van der Waals surface area contributed by atoms with Crippen molar-refractivity contribution in [1.82, 2.24) is 10.3 Å². The maximum Gasteiger partial charge on any atom is 0.404 e. The quantitative estimate of drug-likeness (QED) is 0.784. The van der Waals surface area contributed by atoms with Crippen LogP contribution in [0.4, 0.5) is 10.5 Å². The first kappa shape index (κ1) is 14.6. The molecule has 1 heterocycles. The second kappa shape index (κ2) is 6.09. The molecule has 0 spiro atoms. The van der Waals surface area contributed by atoms with Crippen LogP contribution in [0.15, 0.2) is 18.5 Å². The van der Waals surface area contributed by atoms with Crippen LogP contribution in [-0.4, -0.2) is 35.4 Å². The number of hydrogen-bond acceptors (Lipinski definition) is 4. The topological polar surface area (TPSA) is 97.5 Å². The molecule has 1 aromatic heterocycles. The lowest BCUT2D eigenvalue weighted by Crippen LogP contribution is -2.50. The molecule has 1 aromatic rings. The Labute approximate surface area is 118 Å². The molecule has 0 unspecified atom stereocenters. The lowest BCUT2D eigenvalue weighted by Gasteiger charge is -2.40. The summed E-state index contributed by atoms with van der Waals surface area (Å²) in [5.41, 5.74) is 7.68. The highest BCUT2D eigenvalue weighted by Crippen LogP contribution is 2.39. The fraction of sp³-hybridized carbons (Fsp3) is 0.571. The highest BCUT2D eigenvalue weighted by Gasteiger charge is 2.37. The molecule has 2 rings (SSSR count). The SMILES string of the molecule is CO[C@@H]1[C@H](C)C[C@@H](c2ccncc2N)C[C@@H]1NC(=O)O. The zero-order chi connectivity index (χ0) is 14.7. The summed E-state index contributed by atoms with van der Waals surface area (Å²) in [5.74, 6) is 0.472. The van der Waals surface area contributed by atoms with Gasteiger partial charge in [-0.25, -0.2) is 4.79 Å². The molecule has 0 saturated heterocycles. The number of ether oxygens (including phenoxy) is 1. The molecule has 20 heavy (non-hydrogen) atoms. The summed E-state index contributed by atoms with van der Waals surface area (Å²) in [4.78, 5) is 14.9. The molecule has 4 atom stereocenters. The van der Waals surface area contributed by atoms with E-state index in [0.717, 1.165) is 12.0 Å². The average molecular weight is 279 g/mol. The minimum absolute atomic E-state index is 0.106. The fourth-order valence-corrected chi connectivity index (χ4v) is 3.26. The van der Waals surface area contributed by atoms with Crippen molar-refractivity contribution in [3.8, 4) is 0 Å². The van der Waals surface area contributed by atoms with E-state index < -0.39 is 6.09 Å². The lowest BCUT2D eigenvalue weighted by molar-refractivity contribution is -0.000236. The highest BCUT2D eigenvalue weighted by molar-refractivity contribution is 5.65. The van der Waals surface area contributed by atoms with E-state index in [1.807, 2.05) is 6.07 Å². The molecular weight excluding hydrogens is 258 g/mol. The van der Waals surface area contributed by atoms with Gasteiger partial charge in [-0.3, -0.25) is 4.98 Å². The van der Waals surface area contributed by atoms with Gasteiger partial charge < -0.3 is 20.9 Å². The van der Waals surface area contributed by atoms with Crippen LogP contribution in [0.3, 0.4) is 0 Å². The largest absolute Gasteiger partial charge is 0.465 e.